The number of carbonyl (C=O) groups excluding carboxylic acids is 1. The molecular weight excluding hydrogens is 911 g/mol. The summed E-state index contributed by atoms with van der Waals surface area (Å²) in [5, 5.41) is 1.37. The van der Waals surface area contributed by atoms with E-state index >= 15 is 0 Å². The number of amides is 1. The summed E-state index contributed by atoms with van der Waals surface area (Å²) in [4.78, 5) is 20.7. The summed E-state index contributed by atoms with van der Waals surface area (Å²) >= 11 is 0. The first kappa shape index (κ1) is 53.8. The Hall–Kier alpha value is -6.01. The normalized spacial score (nSPS) is 13.7. The van der Waals surface area contributed by atoms with Gasteiger partial charge in [0.15, 0.2) is 8.32 Å². The van der Waals surface area contributed by atoms with E-state index in [0.717, 1.165) is 45.4 Å². The molecule has 7 aromatic carbocycles. The zero-order valence-electron chi connectivity index (χ0n) is 42.9. The molecule has 0 fully saturated rings. The minimum absolute atomic E-state index is 0.0637. The summed E-state index contributed by atoms with van der Waals surface area (Å²) < 4.78 is 37.1. The number of nitrogens with zero attached hydrogens (tertiary/aromatic N) is 1. The van der Waals surface area contributed by atoms with Crippen molar-refractivity contribution < 1.29 is 33.0 Å². The third-order valence-electron chi connectivity index (χ3n) is 13.8. The van der Waals surface area contributed by atoms with Gasteiger partial charge < -0.3 is 23.4 Å². The molecule has 0 aliphatic carbocycles. The smallest absolute Gasteiger partial charge is 0.233 e. The molecular formula is C63H73NO7Si. The highest BCUT2D eigenvalue weighted by Crippen LogP contribution is 2.44. The molecule has 1 unspecified atom stereocenters. The van der Waals surface area contributed by atoms with Gasteiger partial charge in [-0.2, -0.15) is 0 Å². The first-order chi connectivity index (χ1) is 35.1. The van der Waals surface area contributed by atoms with E-state index in [-0.39, 0.29) is 39.6 Å². The van der Waals surface area contributed by atoms with Crippen molar-refractivity contribution in [2.45, 2.75) is 115 Å². The van der Waals surface area contributed by atoms with Gasteiger partial charge in [0.05, 0.1) is 33.0 Å². The lowest BCUT2D eigenvalue weighted by molar-refractivity contribution is -0.245. The van der Waals surface area contributed by atoms with E-state index in [4.69, 9.17) is 28.2 Å². The Labute approximate surface area is 429 Å². The highest BCUT2D eigenvalue weighted by molar-refractivity contribution is 6.77. The maximum absolute atomic E-state index is 14.0. The van der Waals surface area contributed by atoms with E-state index in [1.165, 1.54) is 5.06 Å². The molecule has 9 heteroatoms. The van der Waals surface area contributed by atoms with Gasteiger partial charge in [0.25, 0.3) is 0 Å². The van der Waals surface area contributed by atoms with Crippen molar-refractivity contribution in [2.75, 3.05) is 13.2 Å². The van der Waals surface area contributed by atoms with Gasteiger partial charge in [-0.15, -0.1) is 0 Å². The first-order valence-corrected chi connectivity index (χ1v) is 27.6. The lowest BCUT2D eigenvalue weighted by Crippen LogP contribution is -2.58. The average Bonchev–Trinajstić information content (AvgIpc) is 3.42. The van der Waals surface area contributed by atoms with Crippen LogP contribution in [0.3, 0.4) is 0 Å². The number of hydrogen-bond donors (Lipinski definition) is 0. The van der Waals surface area contributed by atoms with Crippen molar-refractivity contribution in [1.82, 2.24) is 5.06 Å². The summed E-state index contributed by atoms with van der Waals surface area (Å²) in [7, 11) is -2.49. The van der Waals surface area contributed by atoms with Crippen LogP contribution in [0.15, 0.2) is 212 Å². The van der Waals surface area contributed by atoms with E-state index in [0.29, 0.717) is 16.6 Å². The molecule has 0 aliphatic rings. The van der Waals surface area contributed by atoms with Crippen LogP contribution in [0.2, 0.25) is 16.6 Å². The van der Waals surface area contributed by atoms with Gasteiger partial charge in [-0.05, 0) is 55.6 Å². The maximum Gasteiger partial charge on any atom is 0.233 e. The van der Waals surface area contributed by atoms with Gasteiger partial charge in [0.1, 0.15) is 36.6 Å². The lowest BCUT2D eigenvalue weighted by Gasteiger charge is -2.45. The molecule has 7 rings (SSSR count). The molecule has 4 atom stereocenters. The molecule has 0 aliphatic heterocycles. The monoisotopic (exact) mass is 984 g/mol. The molecule has 0 heterocycles. The van der Waals surface area contributed by atoms with Crippen LogP contribution in [0.4, 0.5) is 0 Å². The third kappa shape index (κ3) is 13.7. The molecule has 8 nitrogen and oxygen atoms in total. The predicted molar refractivity (Wildman–Crippen MR) is 290 cm³/mol. The fourth-order valence-corrected chi connectivity index (χ4v) is 15.8. The zero-order chi connectivity index (χ0) is 50.6. The highest BCUT2D eigenvalue weighted by Gasteiger charge is 2.48. The Balaban J connectivity index is 1.43. The van der Waals surface area contributed by atoms with Crippen LogP contribution in [0.5, 0.6) is 0 Å². The number of hydrogen-bond acceptors (Lipinski definition) is 7. The number of rotatable bonds is 29. The van der Waals surface area contributed by atoms with E-state index in [9.17, 15) is 4.79 Å². The second-order valence-corrected chi connectivity index (χ2v) is 24.8. The Kier molecular flexibility index (Phi) is 20.3. The third-order valence-corrected chi connectivity index (χ3v) is 19.9. The van der Waals surface area contributed by atoms with Crippen LogP contribution in [-0.4, -0.2) is 57.4 Å². The van der Waals surface area contributed by atoms with Crippen LogP contribution in [0, 0.1) is 0 Å². The van der Waals surface area contributed by atoms with Crippen molar-refractivity contribution in [3.63, 3.8) is 0 Å². The number of carbonyl (C=O) groups is 1. The van der Waals surface area contributed by atoms with Crippen LogP contribution in [0.1, 0.15) is 80.5 Å². The predicted octanol–water partition coefficient (Wildman–Crippen LogP) is 13.9. The Bertz CT molecular complexity index is 2450. The van der Waals surface area contributed by atoms with Crippen LogP contribution >= 0.6 is 0 Å². The van der Waals surface area contributed by atoms with E-state index in [1.54, 1.807) is 0 Å². The SMILES string of the molecule is CC(C)[Si](OC[C@@H](OCc1ccccc1)[C@@H](OCc1ccccc1)[C@@H](OCc1ccccc1)C(COC(c1ccccc1)(c1ccccc1)c1ccccc1)N(C=O)OCc1ccccc1)(C(C)C)C(C)C. The Morgan fingerprint density at radius 2 is 0.764 bits per heavy atom. The quantitative estimate of drug-likeness (QED) is 0.0200. The van der Waals surface area contributed by atoms with Gasteiger partial charge in [-0.3, -0.25) is 9.63 Å². The molecule has 0 N–H and O–H groups in total. The van der Waals surface area contributed by atoms with Crippen LogP contribution in [-0.2, 0) is 65.0 Å². The van der Waals surface area contributed by atoms with Gasteiger partial charge in [-0.25, -0.2) is 5.06 Å². The summed E-state index contributed by atoms with van der Waals surface area (Å²) in [6.07, 6.45) is -1.76. The number of benzene rings is 7. The van der Waals surface area contributed by atoms with Crippen molar-refractivity contribution in [3.8, 4) is 0 Å². The molecule has 7 aromatic rings. The fourth-order valence-electron chi connectivity index (χ4n) is 10.3. The average molecular weight is 984 g/mol. The molecule has 0 spiro atoms. The van der Waals surface area contributed by atoms with Crippen molar-refractivity contribution in [3.05, 3.63) is 251 Å². The topological polar surface area (TPSA) is 75.7 Å². The van der Waals surface area contributed by atoms with Gasteiger partial charge in [0.2, 0.25) is 6.41 Å². The summed E-state index contributed by atoms with van der Waals surface area (Å²) in [5.41, 5.74) is 6.33. The summed E-state index contributed by atoms with van der Waals surface area (Å²) in [6, 6.07) is 70.0. The lowest BCUT2D eigenvalue weighted by atomic mass is 9.80. The van der Waals surface area contributed by atoms with E-state index < -0.39 is 38.3 Å². The minimum Gasteiger partial charge on any atom is -0.413 e. The number of hydroxylamine groups is 2. The molecule has 0 radical (unpaired) electrons. The van der Waals surface area contributed by atoms with E-state index in [1.807, 2.05) is 152 Å². The fraction of sp³-hybridized carbons (Fsp3) is 0.317. The largest absolute Gasteiger partial charge is 0.413 e. The molecule has 0 aromatic heterocycles. The molecule has 0 saturated carbocycles. The highest BCUT2D eigenvalue weighted by atomic mass is 28.4. The number of ether oxygens (including phenoxy) is 4. The van der Waals surface area contributed by atoms with Crippen LogP contribution in [0.25, 0.3) is 0 Å². The molecule has 1 amide bonds. The second kappa shape index (κ2) is 27.2. The summed E-state index contributed by atoms with van der Waals surface area (Å²) in [6.45, 7) is 14.7. The molecule has 0 bridgehead atoms. The summed E-state index contributed by atoms with van der Waals surface area (Å²) in [5.74, 6) is 0. The van der Waals surface area contributed by atoms with E-state index in [2.05, 4.69) is 102 Å². The Morgan fingerprint density at radius 1 is 0.431 bits per heavy atom. The van der Waals surface area contributed by atoms with Gasteiger partial charge >= 0.3 is 0 Å². The van der Waals surface area contributed by atoms with Crippen LogP contribution < -0.4 is 0 Å². The second-order valence-electron chi connectivity index (χ2n) is 19.4. The maximum atomic E-state index is 14.0. The first-order valence-electron chi connectivity index (χ1n) is 25.5. The Morgan fingerprint density at radius 3 is 1.12 bits per heavy atom. The molecule has 72 heavy (non-hydrogen) atoms. The van der Waals surface area contributed by atoms with Gasteiger partial charge in [0, 0.05) is 0 Å². The standard InChI is InChI=1S/C63H73NO7Si/c1-49(2)72(50(3)4,51(5)6)71-47-60(66-42-52-28-14-7-15-29-52)62(68-44-54-32-18-9-19-33-54)61(67-43-53-30-16-8-17-31-53)59(64(48-65)70-45-55-34-20-10-21-35-55)46-69-63(56-36-22-11-23-37-56,57-38-24-12-25-39-57)58-40-26-13-27-41-58/h7-41,48-51,59-62H,42-47H2,1-6H3/t59?,60-,61+,62-/m1/s1. The van der Waals surface area contributed by atoms with Gasteiger partial charge in [-0.1, -0.05) is 254 Å². The molecule has 376 valence electrons. The molecule has 0 saturated heterocycles. The van der Waals surface area contributed by atoms with Crippen molar-refractivity contribution >= 4 is 14.7 Å². The van der Waals surface area contributed by atoms with Crippen molar-refractivity contribution in [1.29, 1.82) is 0 Å². The zero-order valence-corrected chi connectivity index (χ0v) is 43.9. The minimum atomic E-state index is -2.49. The van der Waals surface area contributed by atoms with Crippen molar-refractivity contribution in [2.24, 2.45) is 0 Å².